The van der Waals surface area contributed by atoms with Gasteiger partial charge in [0, 0.05) is 54.8 Å². The SMILES string of the molecule is CCC(C)(C)C(=O)OC12CC3CC(CC(O)(C3)C1)C2.CCC(C)(C)C(=O)OC12CC3CC(O)(CC(O)(C3)C1)C2.CCC(C)(C)C(=O)OC1C2CC3C(=O)OC1C3C2.CCC(C)(C)C(=O)OC1C2CC3C1OC(=O)C3(C#N)C2.CCC(C)(C)C(=O)OCC(=O)OC1(C)C2CC3CC(C2)CC1C3.CCC(C)(C)C(=O)OCCOC(=O)C1CCCCC1C(=O)OCC(=O)OC(C)(C)C12CC3CC(CC(C3)C1)C2. The van der Waals surface area contributed by atoms with Crippen molar-refractivity contribution in [1.29, 1.82) is 5.26 Å². The van der Waals surface area contributed by atoms with Crippen molar-refractivity contribution in [2.75, 3.05) is 26.4 Å². The molecule has 23 fully saturated rings. The molecule has 23 aliphatic rings. The summed E-state index contributed by atoms with van der Waals surface area (Å²) in [6, 6.07) is 2.15. The number of aliphatic hydroxyl groups is 3. The third-order valence-corrected chi connectivity index (χ3v) is 39.2. The lowest BCUT2D eigenvalue weighted by molar-refractivity contribution is -0.264. The summed E-state index contributed by atoms with van der Waals surface area (Å²) in [5.41, 5.74) is -8.21. The fourth-order valence-electron chi connectivity index (χ4n) is 29.7. The van der Waals surface area contributed by atoms with Gasteiger partial charge in [-0.05, 0) is 362 Å². The first-order valence-corrected chi connectivity index (χ1v) is 53.7. The van der Waals surface area contributed by atoms with E-state index < -0.39 is 114 Å². The molecule has 28 heteroatoms. The summed E-state index contributed by atoms with van der Waals surface area (Å²) in [5.74, 6) is 1.83. The number of carbonyl (C=O) groups excluding carboxylic acids is 12. The Kier molecular flexibility index (Phi) is 30.8. The van der Waals surface area contributed by atoms with E-state index in [2.05, 4.69) is 13.0 Å². The monoisotopic (exact) mass is 1950 g/mol. The van der Waals surface area contributed by atoms with Crippen LogP contribution in [-0.2, 0) is 114 Å². The van der Waals surface area contributed by atoms with Crippen molar-refractivity contribution < 1.29 is 130 Å². The van der Waals surface area contributed by atoms with Crippen LogP contribution < -0.4 is 0 Å². The van der Waals surface area contributed by atoms with Crippen molar-refractivity contribution >= 4 is 71.6 Å². The number of nitriles is 1. The number of hydrogen-bond donors (Lipinski definition) is 3. The molecule has 21 saturated carbocycles. The molecule has 0 aromatic rings. The Labute approximate surface area is 825 Å². The highest BCUT2D eigenvalue weighted by molar-refractivity contribution is 5.86. The van der Waals surface area contributed by atoms with Gasteiger partial charge in [-0.15, -0.1) is 0 Å². The summed E-state index contributed by atoms with van der Waals surface area (Å²) >= 11 is 0. The van der Waals surface area contributed by atoms with Crippen molar-refractivity contribution in [1.82, 2.24) is 0 Å². The van der Waals surface area contributed by atoms with Gasteiger partial charge in [0.2, 0.25) is 0 Å². The minimum absolute atomic E-state index is 0.0141. The number of ether oxygens (including phenoxy) is 12. The largest absolute Gasteiger partial charge is 0.462 e. The second kappa shape index (κ2) is 39.8. The molecule has 0 aromatic carbocycles. The predicted octanol–water partition coefficient (Wildman–Crippen LogP) is 18.1. The number of carbonyl (C=O) groups is 12. The lowest BCUT2D eigenvalue weighted by Crippen LogP contribution is -2.67. The van der Waals surface area contributed by atoms with Crippen LogP contribution in [0.4, 0.5) is 0 Å². The molecule has 0 amide bonds. The van der Waals surface area contributed by atoms with Crippen LogP contribution >= 0.6 is 0 Å². The maximum Gasteiger partial charge on any atom is 0.344 e. The Morgan fingerprint density at radius 3 is 1.30 bits per heavy atom. The molecule has 0 aromatic heterocycles. The molecule has 139 heavy (non-hydrogen) atoms. The van der Waals surface area contributed by atoms with E-state index in [-0.39, 0.29) is 126 Å². The molecule has 780 valence electrons. The van der Waals surface area contributed by atoms with Crippen LogP contribution in [0.1, 0.15) is 383 Å². The second-order valence-electron chi connectivity index (χ2n) is 52.2. The molecule has 21 aliphatic carbocycles. The lowest BCUT2D eigenvalue weighted by Gasteiger charge is -2.62. The zero-order chi connectivity index (χ0) is 102. The molecular formula is C111H169NO27. The Balaban J connectivity index is 0.000000136. The lowest BCUT2D eigenvalue weighted by atomic mass is 9.46. The number of fused-ring (bicyclic) bond motifs is 2. The average Bonchev–Trinajstić information content (AvgIpc) is 1.67. The maximum atomic E-state index is 13.0. The molecule has 0 radical (unpaired) electrons. The van der Waals surface area contributed by atoms with Gasteiger partial charge in [0.25, 0.3) is 0 Å². The first-order chi connectivity index (χ1) is 64.7. The standard InChI is InChI=1S/C31H48O8.C19H30O4.C16H26O4.C16H26O3.C15H19NO4.C14H20O4/c1-6-29(2,3)28(35)37-12-11-36-26(33)23-9-7-8-10-24(23)27(34)38-19-25(32)39-30(4,5)31-16-20-13-21(17-31)15-22(14-20)18-31;1-5-18(2,3)17(21)22-11-16(20)23-19(4)14-7-12-6-13(9-14)10-15(19)8-12;1-4-13(2,3)12(17)20-16-7-11-5-14(18,9-16)8-15(19,6-11)10-16;1-4-14(2,3)13(17)19-16-8-11-5-12(9-16)7-15(18,6-11)10-16;1-4-14(2,3)12(17)19-10-8-5-9-11(10)20-13(18)15(9,6-8)7-16;1-4-14(2,3)13(16)18-10-7-5-8-9(6-7)12(15)17-11(8)10/h20-24H,6-19H2,1-5H3;12-15H,5-11H2,1-4H3;11,18-19H,4-10H2,1-3H3;11-12,18H,4-10H2,1-3H3;8-11H,4-6H2,1-3H3;7-11H,4-6H2,1-3H3. The fraction of sp³-hybridized carbons (Fsp3) is 0.883. The Bertz CT molecular complexity index is 4540. The Morgan fingerprint density at radius 2 is 0.820 bits per heavy atom. The highest BCUT2D eigenvalue weighted by Crippen LogP contribution is 2.68. The first kappa shape index (κ1) is 108. The van der Waals surface area contributed by atoms with Crippen LogP contribution in [0.5, 0.6) is 0 Å². The van der Waals surface area contributed by atoms with Crippen LogP contribution in [0.3, 0.4) is 0 Å². The van der Waals surface area contributed by atoms with E-state index in [9.17, 15) is 78.1 Å². The average molecular weight is 1950 g/mol. The molecule has 2 saturated heterocycles. The van der Waals surface area contributed by atoms with E-state index in [1.54, 1.807) is 13.8 Å². The van der Waals surface area contributed by atoms with E-state index in [4.69, 9.17) is 56.8 Å². The van der Waals surface area contributed by atoms with Gasteiger partial charge in [0.1, 0.15) is 60.0 Å². The van der Waals surface area contributed by atoms with Crippen LogP contribution in [0, 0.1) is 155 Å². The van der Waals surface area contributed by atoms with Crippen molar-refractivity contribution in [2.45, 2.75) is 447 Å². The first-order valence-electron chi connectivity index (χ1n) is 53.7. The number of rotatable bonds is 28. The molecule has 16 atom stereocenters. The summed E-state index contributed by atoms with van der Waals surface area (Å²) in [6.45, 7) is 39.6. The van der Waals surface area contributed by atoms with Crippen molar-refractivity contribution in [3.8, 4) is 6.07 Å². The highest BCUT2D eigenvalue weighted by atomic mass is 16.6. The minimum atomic E-state index is -0.974. The summed E-state index contributed by atoms with van der Waals surface area (Å²) in [5, 5.41) is 41.3. The molecule has 20 bridgehead atoms. The fourth-order valence-corrected chi connectivity index (χ4v) is 29.7. The van der Waals surface area contributed by atoms with Gasteiger partial charge in [-0.2, -0.15) is 5.26 Å². The maximum absolute atomic E-state index is 13.0. The zero-order valence-corrected chi connectivity index (χ0v) is 87.7. The topological polar surface area (TPSA) is 400 Å². The van der Waals surface area contributed by atoms with Gasteiger partial charge in [-0.1, -0.05) is 54.4 Å². The van der Waals surface area contributed by atoms with Crippen molar-refractivity contribution in [3.05, 3.63) is 0 Å². The number of nitrogens with zero attached hydrogens (tertiary/aromatic N) is 1. The predicted molar refractivity (Wildman–Crippen MR) is 508 cm³/mol. The quantitative estimate of drug-likeness (QED) is 0.0372. The smallest absolute Gasteiger partial charge is 0.344 e. The van der Waals surface area contributed by atoms with Gasteiger partial charge >= 0.3 is 71.6 Å². The van der Waals surface area contributed by atoms with Crippen LogP contribution in [0.2, 0.25) is 0 Å². The molecule has 3 N–H and O–H groups in total. The number of hydrogen-bond acceptors (Lipinski definition) is 28. The highest BCUT2D eigenvalue weighted by Gasteiger charge is 2.74. The third-order valence-electron chi connectivity index (χ3n) is 39.2. The zero-order valence-electron chi connectivity index (χ0n) is 87.7. The Hall–Kier alpha value is -6.99. The van der Waals surface area contributed by atoms with Gasteiger partial charge in [0.05, 0.1) is 73.1 Å². The molecule has 2 heterocycles. The minimum Gasteiger partial charge on any atom is -0.462 e. The van der Waals surface area contributed by atoms with Crippen molar-refractivity contribution in [3.63, 3.8) is 0 Å². The summed E-state index contributed by atoms with van der Waals surface area (Å²) < 4.78 is 67.0. The molecule has 23 rings (SSSR count). The van der Waals surface area contributed by atoms with E-state index >= 15 is 0 Å². The molecular weight excluding hydrogens is 1780 g/mol. The van der Waals surface area contributed by atoms with Crippen LogP contribution in [0.25, 0.3) is 0 Å². The van der Waals surface area contributed by atoms with Crippen LogP contribution in [0.15, 0.2) is 0 Å². The van der Waals surface area contributed by atoms with Gasteiger partial charge in [0.15, 0.2) is 18.6 Å². The summed E-state index contributed by atoms with van der Waals surface area (Å²) in [7, 11) is 0. The summed E-state index contributed by atoms with van der Waals surface area (Å²) in [6.07, 6.45) is 31.6. The van der Waals surface area contributed by atoms with Crippen LogP contribution in [-0.4, -0.2) is 177 Å². The van der Waals surface area contributed by atoms with E-state index in [1.807, 2.05) is 125 Å². The number of esters is 12. The van der Waals surface area contributed by atoms with Gasteiger partial charge in [-0.3, -0.25) is 47.9 Å². The summed E-state index contributed by atoms with van der Waals surface area (Å²) in [4.78, 5) is 148. The van der Waals surface area contributed by atoms with Crippen molar-refractivity contribution in [2.24, 2.45) is 144 Å². The molecule has 16 unspecified atom stereocenters. The normalized spacial score (nSPS) is 39.3. The van der Waals surface area contributed by atoms with Gasteiger partial charge < -0.3 is 72.2 Å². The second-order valence-corrected chi connectivity index (χ2v) is 52.2. The van der Waals surface area contributed by atoms with Gasteiger partial charge in [-0.25, -0.2) is 9.59 Å². The van der Waals surface area contributed by atoms with E-state index in [0.717, 1.165) is 145 Å². The third kappa shape index (κ3) is 22.1. The molecule has 2 aliphatic heterocycles. The molecule has 28 nitrogen and oxygen atoms in total. The van der Waals surface area contributed by atoms with E-state index in [1.165, 1.54) is 57.8 Å². The Morgan fingerprint density at radius 1 is 0.403 bits per heavy atom. The molecule has 0 spiro atoms. The van der Waals surface area contributed by atoms with E-state index in [0.29, 0.717) is 99.7 Å².